The third-order valence-electron chi connectivity index (χ3n) is 19.0. The van der Waals surface area contributed by atoms with Crippen molar-refractivity contribution in [3.8, 4) is 102 Å². The summed E-state index contributed by atoms with van der Waals surface area (Å²) in [4.78, 5) is 49.6. The molecule has 0 radical (unpaired) electrons. The zero-order valence-corrected chi connectivity index (χ0v) is 57.1. The summed E-state index contributed by atoms with van der Waals surface area (Å²) in [5, 5.41) is 84.0. The molecule has 9 aromatic rings. The second kappa shape index (κ2) is 28.8. The number of aromatic hydroxyl groups is 6. The first-order valence-electron chi connectivity index (χ1n) is 33.4. The van der Waals surface area contributed by atoms with Crippen molar-refractivity contribution in [1.29, 1.82) is 0 Å². The fraction of sp³-hybridized carbons (Fsp3) is 0.360. The number of phenols is 6. The number of carbonyl (C=O) groups is 3. The highest BCUT2D eigenvalue weighted by Crippen LogP contribution is 2.48. The number of phenolic OH excluding ortho intramolecular Hbond substituents is 6. The Labute approximate surface area is 579 Å². The molecule has 3 amide bonds. The molecule has 6 aromatic carbocycles. The second-order valence-corrected chi connectivity index (χ2v) is 27.0. The predicted molar refractivity (Wildman–Crippen MR) is 366 cm³/mol. The number of alkyl halides is 4. The molecule has 0 spiro atoms. The van der Waals surface area contributed by atoms with Crippen molar-refractivity contribution in [2.45, 2.75) is 104 Å². The quantitative estimate of drug-likeness (QED) is 0.0260. The molecule has 3 aliphatic heterocycles. The molecule has 0 saturated heterocycles. The average Bonchev–Trinajstić information content (AvgIpc) is 1.68. The number of methoxy groups -OCH3 is 1. The summed E-state index contributed by atoms with van der Waals surface area (Å²) < 4.78 is 83.0. The monoisotopic (exact) mass is 1390 g/mol. The van der Waals surface area contributed by atoms with Crippen molar-refractivity contribution < 1.29 is 80.9 Å². The van der Waals surface area contributed by atoms with Gasteiger partial charge in [0.15, 0.2) is 34.4 Å². The van der Waals surface area contributed by atoms with Gasteiger partial charge in [-0.1, -0.05) is 112 Å². The molecule has 6 heterocycles. The van der Waals surface area contributed by atoms with Crippen molar-refractivity contribution in [3.05, 3.63) is 158 Å². The molecule has 22 nitrogen and oxygen atoms in total. The maximum absolute atomic E-state index is 15.3. The normalized spacial score (nSPS) is 14.4. The number of rotatable bonds is 21. The van der Waals surface area contributed by atoms with Crippen molar-refractivity contribution in [2.24, 2.45) is 0 Å². The van der Waals surface area contributed by atoms with E-state index in [0.717, 1.165) is 40.9 Å². The van der Waals surface area contributed by atoms with Gasteiger partial charge in [-0.3, -0.25) is 24.3 Å². The SMILES string of the molecule is COCCNC(=O)c1noc(-c2cc(C(C)C)c(O)cc2O)c1-c1ccc2c(c1)CCN(CN(CCF)C(=O)c1noc(-c3cc(C(C)C)c(O)cc3O)c1-c1ccc3c(c1)CCN(N(CC(F)(F)F)C(=O)c1noc(-c4cc(C(C)C)c(O)cc4O)c1-c1ccc4c(c1)CCN(C)C4)C3)C2. The molecule has 12 rings (SSSR count). The Bertz CT molecular complexity index is 4660. The van der Waals surface area contributed by atoms with Gasteiger partial charge in [-0.15, -0.1) is 0 Å². The molecule has 0 fully saturated rings. The smallest absolute Gasteiger partial charge is 0.407 e. The molecule has 3 aliphatic rings. The summed E-state index contributed by atoms with van der Waals surface area (Å²) in [6.45, 7) is 9.99. The number of nitrogens with zero attached hydrogens (tertiary/aromatic N) is 8. The molecule has 26 heteroatoms. The number of amides is 3. The zero-order valence-electron chi connectivity index (χ0n) is 57.1. The highest BCUT2D eigenvalue weighted by molar-refractivity contribution is 6.05. The third-order valence-corrected chi connectivity index (χ3v) is 19.0. The molecule has 7 N–H and O–H groups in total. The lowest BCUT2D eigenvalue weighted by Gasteiger charge is -2.38. The van der Waals surface area contributed by atoms with Crippen LogP contribution in [0.15, 0.2) is 105 Å². The maximum atomic E-state index is 15.3. The largest absolute Gasteiger partial charge is 0.508 e. The van der Waals surface area contributed by atoms with Crippen LogP contribution in [0.3, 0.4) is 0 Å². The van der Waals surface area contributed by atoms with Gasteiger partial charge in [-0.25, -0.2) is 9.40 Å². The molecule has 3 aromatic heterocycles. The van der Waals surface area contributed by atoms with E-state index < -0.39 is 54.3 Å². The summed E-state index contributed by atoms with van der Waals surface area (Å²) in [5.41, 5.74) is 7.54. The number of hydrogen-bond donors (Lipinski definition) is 7. The maximum Gasteiger partial charge on any atom is 0.407 e. The van der Waals surface area contributed by atoms with Crippen LogP contribution in [0, 0.1) is 0 Å². The van der Waals surface area contributed by atoms with Gasteiger partial charge in [0.2, 0.25) is 0 Å². The van der Waals surface area contributed by atoms with Gasteiger partial charge in [0.25, 0.3) is 17.7 Å². The summed E-state index contributed by atoms with van der Waals surface area (Å²) in [5.74, 6) is -4.77. The van der Waals surface area contributed by atoms with Gasteiger partial charge in [0.1, 0.15) is 47.7 Å². The highest BCUT2D eigenvalue weighted by Gasteiger charge is 2.42. The Kier molecular flexibility index (Phi) is 20.1. The molecule has 0 bridgehead atoms. The average molecular weight is 1390 g/mol. The molecule has 101 heavy (non-hydrogen) atoms. The van der Waals surface area contributed by atoms with Crippen molar-refractivity contribution in [3.63, 3.8) is 0 Å². The Morgan fingerprint density at radius 2 is 0.980 bits per heavy atom. The van der Waals surface area contributed by atoms with E-state index in [4.69, 9.17) is 18.3 Å². The Balaban J connectivity index is 0.861. The van der Waals surface area contributed by atoms with Crippen LogP contribution in [-0.4, -0.2) is 168 Å². The first kappa shape index (κ1) is 70.6. The van der Waals surface area contributed by atoms with Crippen LogP contribution in [0.25, 0.3) is 67.4 Å². The number of hydrogen-bond acceptors (Lipinski definition) is 19. The van der Waals surface area contributed by atoms with Crippen LogP contribution >= 0.6 is 0 Å². The number of hydrazine groups is 1. The number of likely N-dealkylation sites (N-methyl/N-ethyl adjacent to an activating group) is 1. The Morgan fingerprint density at radius 3 is 1.44 bits per heavy atom. The van der Waals surface area contributed by atoms with Crippen molar-refractivity contribution >= 4 is 17.7 Å². The van der Waals surface area contributed by atoms with Crippen LogP contribution < -0.4 is 5.32 Å². The van der Waals surface area contributed by atoms with E-state index in [1.807, 2.05) is 77.8 Å². The summed E-state index contributed by atoms with van der Waals surface area (Å²) in [7, 11) is 3.49. The first-order chi connectivity index (χ1) is 48.2. The fourth-order valence-electron chi connectivity index (χ4n) is 13.7. The van der Waals surface area contributed by atoms with Gasteiger partial charge < -0.3 is 64.1 Å². The topological polar surface area (TPSA) is 288 Å². The third kappa shape index (κ3) is 14.3. The van der Waals surface area contributed by atoms with Crippen LogP contribution in [0.4, 0.5) is 17.6 Å². The van der Waals surface area contributed by atoms with Crippen molar-refractivity contribution in [1.82, 2.24) is 45.5 Å². The number of ether oxygens (including phenoxy) is 1. The molecule has 530 valence electrons. The van der Waals surface area contributed by atoms with E-state index in [-0.39, 0.29) is 150 Å². The lowest BCUT2D eigenvalue weighted by molar-refractivity contribution is -0.170. The van der Waals surface area contributed by atoms with E-state index in [1.165, 1.54) is 35.2 Å². The van der Waals surface area contributed by atoms with E-state index in [1.54, 1.807) is 36.4 Å². The van der Waals surface area contributed by atoms with Gasteiger partial charge in [-0.05, 0) is 129 Å². The van der Waals surface area contributed by atoms with Gasteiger partial charge in [-0.2, -0.15) is 13.2 Å². The molecule has 0 aliphatic carbocycles. The summed E-state index contributed by atoms with van der Waals surface area (Å²) in [6, 6.07) is 24.2. The van der Waals surface area contributed by atoms with Crippen LogP contribution in [-0.2, 0) is 43.6 Å². The molecule has 0 atom stereocenters. The number of nitrogens with one attached hydrogen (secondary N) is 1. The molecule has 0 saturated carbocycles. The number of halogens is 4. The minimum absolute atomic E-state index is 0.0467. The minimum atomic E-state index is -4.92. The number of aromatic nitrogens is 3. The standard InChI is InChI=1S/C75H79F4N9O13/c1-39(2)51-28-54(60(92)31-57(51)89)69-63(66(81-99-69)72(95)80-19-24-98-8)45-10-13-49-35-85(21-16-43(49)26-45)38-86(23-18-76)73(96)67-64(70(100-82-67)55-29-52(40(3)4)58(90)32-61(55)93)46-11-14-50-36-87(22-17-44(50)27-46)88(37-75(77,78)79)74(97)68-65(47-9-12-48-34-84(7)20-15-42(48)25-47)71(101-83-68)56-30-53(41(5)6)59(91)33-62(56)94/h9-14,25-33,39-41,89-94H,15-24,34-38H2,1-8H3,(H,80,95). The van der Waals surface area contributed by atoms with E-state index in [0.29, 0.717) is 81.0 Å². The first-order valence-corrected chi connectivity index (χ1v) is 33.4. The van der Waals surface area contributed by atoms with Crippen LogP contribution in [0.5, 0.6) is 34.5 Å². The van der Waals surface area contributed by atoms with Crippen molar-refractivity contribution in [2.75, 3.05) is 73.4 Å². The van der Waals surface area contributed by atoms with Gasteiger partial charge >= 0.3 is 6.18 Å². The second-order valence-electron chi connectivity index (χ2n) is 27.0. The van der Waals surface area contributed by atoms with Gasteiger partial charge in [0, 0.05) is 71.1 Å². The van der Waals surface area contributed by atoms with Crippen LogP contribution in [0.1, 0.15) is 141 Å². The summed E-state index contributed by atoms with van der Waals surface area (Å²) in [6.07, 6.45) is -3.80. The lowest BCUT2D eigenvalue weighted by atomic mass is 9.91. The number of fused-ring (bicyclic) bond motifs is 3. The Morgan fingerprint density at radius 1 is 0.554 bits per heavy atom. The summed E-state index contributed by atoms with van der Waals surface area (Å²) >= 11 is 0. The molecule has 0 unspecified atom stereocenters. The van der Waals surface area contributed by atoms with Gasteiger partial charge in [0.05, 0.1) is 53.2 Å². The van der Waals surface area contributed by atoms with E-state index >= 15 is 22.8 Å². The zero-order chi connectivity index (χ0) is 72.0. The lowest BCUT2D eigenvalue weighted by Crippen LogP contribution is -2.52. The molecular formula is C75H79F4N9O13. The van der Waals surface area contributed by atoms with E-state index in [2.05, 4.69) is 25.7 Å². The highest BCUT2D eigenvalue weighted by atomic mass is 19.4. The Hall–Kier alpha value is -10.3. The number of benzene rings is 6. The van der Waals surface area contributed by atoms with E-state index in [9.17, 15) is 39.8 Å². The predicted octanol–water partition coefficient (Wildman–Crippen LogP) is 13.0. The number of carbonyl (C=O) groups excluding carboxylic acids is 3. The fourth-order valence-corrected chi connectivity index (χ4v) is 13.7. The molecular weight excluding hydrogens is 1310 g/mol. The minimum Gasteiger partial charge on any atom is -0.508 e. The van der Waals surface area contributed by atoms with Crippen LogP contribution in [0.2, 0.25) is 0 Å².